The number of hydrogen-bond acceptors (Lipinski definition) is 3. The van der Waals surface area contributed by atoms with Crippen molar-refractivity contribution in [2.75, 3.05) is 23.8 Å². The minimum absolute atomic E-state index is 0.0614. The normalized spacial score (nSPS) is 13.5. The Labute approximate surface area is 117 Å². The van der Waals surface area contributed by atoms with Gasteiger partial charge < -0.3 is 15.4 Å². The van der Waals surface area contributed by atoms with Crippen LogP contribution in [-0.2, 0) is 11.2 Å². The van der Waals surface area contributed by atoms with Crippen molar-refractivity contribution in [2.24, 2.45) is 0 Å². The van der Waals surface area contributed by atoms with Gasteiger partial charge in [-0.1, -0.05) is 24.3 Å². The highest BCUT2D eigenvalue weighted by Gasteiger charge is 2.23. The largest absolute Gasteiger partial charge is 0.490 e. The van der Waals surface area contributed by atoms with Gasteiger partial charge >= 0.3 is 0 Å². The van der Waals surface area contributed by atoms with E-state index in [2.05, 4.69) is 0 Å². The molecule has 0 saturated heterocycles. The fourth-order valence-electron chi connectivity index (χ4n) is 2.40. The Hall–Kier alpha value is -2.49. The minimum Gasteiger partial charge on any atom is -0.490 e. The molecule has 1 heterocycles. The van der Waals surface area contributed by atoms with Gasteiger partial charge in [0.1, 0.15) is 12.4 Å². The van der Waals surface area contributed by atoms with E-state index in [1.54, 1.807) is 4.90 Å². The van der Waals surface area contributed by atoms with E-state index < -0.39 is 0 Å². The van der Waals surface area contributed by atoms with Crippen molar-refractivity contribution < 1.29 is 9.53 Å². The molecule has 2 N–H and O–H groups in total. The number of carbonyl (C=O) groups excluding carboxylic acids is 1. The van der Waals surface area contributed by atoms with Crippen molar-refractivity contribution in [3.63, 3.8) is 0 Å². The van der Waals surface area contributed by atoms with Gasteiger partial charge in [0.25, 0.3) is 0 Å². The maximum atomic E-state index is 12.5. The maximum absolute atomic E-state index is 12.5. The SMILES string of the molecule is Nc1cccc(CC(=O)N2CCOc3ccccc32)c1. The lowest BCUT2D eigenvalue weighted by molar-refractivity contribution is -0.118. The second-order valence-corrected chi connectivity index (χ2v) is 4.78. The molecule has 0 atom stereocenters. The lowest BCUT2D eigenvalue weighted by atomic mass is 10.1. The number of nitrogens with zero attached hydrogens (tertiary/aromatic N) is 1. The van der Waals surface area contributed by atoms with Crippen LogP contribution in [0.3, 0.4) is 0 Å². The van der Waals surface area contributed by atoms with Gasteiger partial charge in [0.15, 0.2) is 0 Å². The number of carbonyl (C=O) groups is 1. The van der Waals surface area contributed by atoms with Crippen LogP contribution in [0.2, 0.25) is 0 Å². The number of hydrogen-bond donors (Lipinski definition) is 1. The molecule has 4 heteroatoms. The number of fused-ring (bicyclic) bond motifs is 1. The Morgan fingerprint density at radius 2 is 2.05 bits per heavy atom. The first-order valence-electron chi connectivity index (χ1n) is 6.60. The molecular weight excluding hydrogens is 252 g/mol. The predicted molar refractivity (Wildman–Crippen MR) is 78.8 cm³/mol. The van der Waals surface area contributed by atoms with Gasteiger partial charge in [-0.2, -0.15) is 0 Å². The molecule has 102 valence electrons. The summed E-state index contributed by atoms with van der Waals surface area (Å²) >= 11 is 0. The van der Waals surface area contributed by atoms with Crippen LogP contribution in [0.4, 0.5) is 11.4 Å². The third-order valence-corrected chi connectivity index (χ3v) is 3.34. The van der Waals surface area contributed by atoms with Crippen molar-refractivity contribution in [1.82, 2.24) is 0 Å². The summed E-state index contributed by atoms with van der Waals surface area (Å²) in [6, 6.07) is 15.0. The Morgan fingerprint density at radius 1 is 1.20 bits per heavy atom. The molecule has 0 unspecified atom stereocenters. The fourth-order valence-corrected chi connectivity index (χ4v) is 2.40. The Balaban J connectivity index is 1.82. The highest BCUT2D eigenvalue weighted by molar-refractivity contribution is 5.96. The zero-order valence-electron chi connectivity index (χ0n) is 11.1. The van der Waals surface area contributed by atoms with Crippen LogP contribution in [-0.4, -0.2) is 19.1 Å². The Kier molecular flexibility index (Phi) is 3.29. The van der Waals surface area contributed by atoms with Crippen LogP contribution in [0.5, 0.6) is 5.75 Å². The number of benzene rings is 2. The maximum Gasteiger partial charge on any atom is 0.231 e. The molecule has 0 aromatic heterocycles. The molecule has 4 nitrogen and oxygen atoms in total. The van der Waals surface area contributed by atoms with E-state index in [1.165, 1.54) is 0 Å². The number of nitrogen functional groups attached to an aromatic ring is 1. The molecule has 1 aliphatic heterocycles. The van der Waals surface area contributed by atoms with Gasteiger partial charge in [-0.15, -0.1) is 0 Å². The van der Waals surface area contributed by atoms with E-state index in [0.29, 0.717) is 25.3 Å². The molecule has 1 aliphatic rings. The number of rotatable bonds is 2. The zero-order valence-corrected chi connectivity index (χ0v) is 11.1. The first-order chi connectivity index (χ1) is 9.74. The van der Waals surface area contributed by atoms with Crippen LogP contribution in [0, 0.1) is 0 Å². The van der Waals surface area contributed by atoms with Crippen molar-refractivity contribution in [3.8, 4) is 5.75 Å². The molecule has 0 aliphatic carbocycles. The molecule has 3 rings (SSSR count). The molecule has 2 aromatic rings. The number of anilines is 2. The highest BCUT2D eigenvalue weighted by atomic mass is 16.5. The summed E-state index contributed by atoms with van der Waals surface area (Å²) in [5.74, 6) is 0.825. The third-order valence-electron chi connectivity index (χ3n) is 3.34. The fraction of sp³-hybridized carbons (Fsp3) is 0.188. The molecule has 0 bridgehead atoms. The predicted octanol–water partition coefficient (Wildman–Crippen LogP) is 2.24. The van der Waals surface area contributed by atoms with Crippen molar-refractivity contribution >= 4 is 17.3 Å². The minimum atomic E-state index is 0.0614. The number of ether oxygens (including phenoxy) is 1. The zero-order chi connectivity index (χ0) is 13.9. The van der Waals surface area contributed by atoms with Gasteiger partial charge in [0, 0.05) is 5.69 Å². The van der Waals surface area contributed by atoms with E-state index in [4.69, 9.17) is 10.5 Å². The standard InChI is InChI=1S/C16H16N2O2/c17-13-5-3-4-12(10-13)11-16(19)18-8-9-20-15-7-2-1-6-14(15)18/h1-7,10H,8-9,11,17H2. The van der Waals surface area contributed by atoms with Crippen LogP contribution in [0.1, 0.15) is 5.56 Å². The van der Waals surface area contributed by atoms with E-state index >= 15 is 0 Å². The van der Waals surface area contributed by atoms with Gasteiger partial charge in [-0.05, 0) is 29.8 Å². The molecule has 0 spiro atoms. The molecule has 1 amide bonds. The Morgan fingerprint density at radius 3 is 2.90 bits per heavy atom. The third kappa shape index (κ3) is 2.45. The molecule has 2 aromatic carbocycles. The first kappa shape index (κ1) is 12.5. The van der Waals surface area contributed by atoms with Crippen molar-refractivity contribution in [1.29, 1.82) is 0 Å². The number of amides is 1. The lowest BCUT2D eigenvalue weighted by Crippen LogP contribution is -2.38. The summed E-state index contributed by atoms with van der Waals surface area (Å²) < 4.78 is 5.56. The summed E-state index contributed by atoms with van der Waals surface area (Å²) in [7, 11) is 0. The first-order valence-corrected chi connectivity index (χ1v) is 6.60. The molecule has 0 radical (unpaired) electrons. The van der Waals surface area contributed by atoms with E-state index in [-0.39, 0.29) is 5.91 Å². The summed E-state index contributed by atoms with van der Waals surface area (Å²) in [4.78, 5) is 14.3. The van der Waals surface area contributed by atoms with Crippen molar-refractivity contribution in [2.45, 2.75) is 6.42 Å². The molecular formula is C16H16N2O2. The van der Waals surface area contributed by atoms with Crippen molar-refractivity contribution in [3.05, 3.63) is 54.1 Å². The Bertz CT molecular complexity index is 640. The molecule has 0 saturated carbocycles. The van der Waals surface area contributed by atoms with Gasteiger partial charge in [0.05, 0.1) is 18.7 Å². The van der Waals surface area contributed by atoms with Gasteiger partial charge in [-0.3, -0.25) is 4.79 Å². The van der Waals surface area contributed by atoms with Crippen LogP contribution < -0.4 is 15.4 Å². The smallest absolute Gasteiger partial charge is 0.231 e. The summed E-state index contributed by atoms with van der Waals surface area (Å²) in [6.45, 7) is 1.11. The second kappa shape index (κ2) is 5.25. The molecule has 0 fully saturated rings. The monoisotopic (exact) mass is 268 g/mol. The average Bonchev–Trinajstić information content (AvgIpc) is 2.46. The summed E-state index contributed by atoms with van der Waals surface area (Å²) in [5, 5.41) is 0. The van der Waals surface area contributed by atoms with E-state index in [0.717, 1.165) is 17.0 Å². The topological polar surface area (TPSA) is 55.6 Å². The second-order valence-electron chi connectivity index (χ2n) is 4.78. The average molecular weight is 268 g/mol. The summed E-state index contributed by atoms with van der Waals surface area (Å²) in [6.07, 6.45) is 0.347. The van der Waals surface area contributed by atoms with Crippen LogP contribution >= 0.6 is 0 Å². The number of nitrogens with two attached hydrogens (primary N) is 1. The van der Waals surface area contributed by atoms with E-state index in [9.17, 15) is 4.79 Å². The molecule has 20 heavy (non-hydrogen) atoms. The number of para-hydroxylation sites is 2. The van der Waals surface area contributed by atoms with Crippen LogP contribution in [0.25, 0.3) is 0 Å². The lowest BCUT2D eigenvalue weighted by Gasteiger charge is -2.29. The van der Waals surface area contributed by atoms with E-state index in [1.807, 2.05) is 48.5 Å². The summed E-state index contributed by atoms with van der Waals surface area (Å²) in [5.41, 5.74) is 8.19. The quantitative estimate of drug-likeness (QED) is 0.850. The highest BCUT2D eigenvalue weighted by Crippen LogP contribution is 2.31. The van der Waals surface area contributed by atoms with Gasteiger partial charge in [0.2, 0.25) is 5.91 Å². The van der Waals surface area contributed by atoms with Gasteiger partial charge in [-0.25, -0.2) is 0 Å². The van der Waals surface area contributed by atoms with Crippen LogP contribution in [0.15, 0.2) is 48.5 Å².